The Labute approximate surface area is 60.9 Å². The molecule has 0 atom stereocenters. The molecule has 9 heavy (non-hydrogen) atoms. The second-order valence-corrected chi connectivity index (χ2v) is 2.01. The predicted octanol–water partition coefficient (Wildman–Crippen LogP) is 2.48. The second-order valence-electron chi connectivity index (χ2n) is 1.74. The molecule has 0 bridgehead atoms. The van der Waals surface area contributed by atoms with Gasteiger partial charge in [0, 0.05) is 5.88 Å². The fraction of sp³-hybridized carbons (Fsp3) is 0.571. The molecule has 0 saturated carbocycles. The van der Waals surface area contributed by atoms with E-state index in [2.05, 4.69) is 6.07 Å². The molecule has 0 aromatic heterocycles. The zero-order chi connectivity index (χ0) is 7.11. The summed E-state index contributed by atoms with van der Waals surface area (Å²) < 4.78 is 0. The molecule has 0 heterocycles. The van der Waals surface area contributed by atoms with Crippen LogP contribution in [0.15, 0.2) is 11.6 Å². The first-order chi connectivity index (χ1) is 4.35. The van der Waals surface area contributed by atoms with Crippen molar-refractivity contribution in [1.29, 1.82) is 5.26 Å². The highest BCUT2D eigenvalue weighted by molar-refractivity contribution is 6.19. The minimum atomic E-state index is 0.470. The van der Waals surface area contributed by atoms with E-state index >= 15 is 0 Å². The highest BCUT2D eigenvalue weighted by Gasteiger charge is 1.90. The Morgan fingerprint density at radius 2 is 2.44 bits per heavy atom. The Kier molecular flexibility index (Phi) is 5.35. The average Bonchev–Trinajstić information content (AvgIpc) is 1.88. The van der Waals surface area contributed by atoms with E-state index in [4.69, 9.17) is 16.9 Å². The molecule has 0 radical (unpaired) electrons. The quantitative estimate of drug-likeness (QED) is 0.440. The average molecular weight is 144 g/mol. The van der Waals surface area contributed by atoms with Gasteiger partial charge in [0.15, 0.2) is 0 Å². The van der Waals surface area contributed by atoms with E-state index in [1.54, 1.807) is 0 Å². The minimum Gasteiger partial charge on any atom is -0.198 e. The summed E-state index contributed by atoms with van der Waals surface area (Å²) in [5.74, 6) is 0.488. The summed E-state index contributed by atoms with van der Waals surface area (Å²) in [6.45, 7) is 2.03. The first-order valence-corrected chi connectivity index (χ1v) is 3.49. The molecule has 0 saturated heterocycles. The summed E-state index contributed by atoms with van der Waals surface area (Å²) in [7, 11) is 0. The van der Waals surface area contributed by atoms with Crippen LogP contribution in [0.3, 0.4) is 0 Å². The van der Waals surface area contributed by atoms with Gasteiger partial charge in [-0.3, -0.25) is 0 Å². The van der Waals surface area contributed by atoms with E-state index in [0.717, 1.165) is 12.0 Å². The van der Waals surface area contributed by atoms with Crippen molar-refractivity contribution in [2.45, 2.75) is 19.8 Å². The van der Waals surface area contributed by atoms with Gasteiger partial charge in [0.1, 0.15) is 0 Å². The van der Waals surface area contributed by atoms with E-state index in [9.17, 15) is 0 Å². The van der Waals surface area contributed by atoms with Gasteiger partial charge in [-0.15, -0.1) is 11.6 Å². The summed E-state index contributed by atoms with van der Waals surface area (Å²) >= 11 is 5.51. The Morgan fingerprint density at radius 1 is 1.78 bits per heavy atom. The molecule has 1 nitrogen and oxygen atoms in total. The largest absolute Gasteiger partial charge is 0.198 e. The number of alkyl halides is 1. The van der Waals surface area contributed by atoms with E-state index in [1.807, 2.05) is 13.0 Å². The predicted molar refractivity (Wildman–Crippen MR) is 39.3 cm³/mol. The fourth-order valence-electron chi connectivity index (χ4n) is 0.564. The van der Waals surface area contributed by atoms with Crippen LogP contribution in [0, 0.1) is 11.3 Å². The lowest BCUT2D eigenvalue weighted by molar-refractivity contribution is 1.13. The number of nitriles is 1. The van der Waals surface area contributed by atoms with E-state index in [0.29, 0.717) is 12.3 Å². The number of nitrogens with zero attached hydrogens (tertiary/aromatic N) is 1. The van der Waals surface area contributed by atoms with Gasteiger partial charge in [0.2, 0.25) is 0 Å². The van der Waals surface area contributed by atoms with Gasteiger partial charge in [-0.2, -0.15) is 5.26 Å². The van der Waals surface area contributed by atoms with Crippen molar-refractivity contribution in [3.05, 3.63) is 11.6 Å². The Hall–Kier alpha value is -0.480. The third-order valence-corrected chi connectivity index (χ3v) is 1.31. The van der Waals surface area contributed by atoms with Crippen LogP contribution in [-0.2, 0) is 0 Å². The minimum absolute atomic E-state index is 0.470. The molecule has 2 heteroatoms. The van der Waals surface area contributed by atoms with Crippen molar-refractivity contribution in [3.8, 4) is 6.07 Å². The molecule has 50 valence electrons. The van der Waals surface area contributed by atoms with Crippen molar-refractivity contribution in [3.63, 3.8) is 0 Å². The number of hydrogen-bond acceptors (Lipinski definition) is 1. The van der Waals surface area contributed by atoms with Gasteiger partial charge in [-0.1, -0.05) is 13.0 Å². The van der Waals surface area contributed by atoms with Crippen LogP contribution in [0.2, 0.25) is 0 Å². The maximum atomic E-state index is 8.24. The summed E-state index contributed by atoms with van der Waals surface area (Å²) in [6.07, 6.45) is 3.43. The van der Waals surface area contributed by atoms with Crippen molar-refractivity contribution < 1.29 is 0 Å². The third-order valence-electron chi connectivity index (χ3n) is 0.971. The Balaban J connectivity index is 3.70. The molecule has 0 spiro atoms. The van der Waals surface area contributed by atoms with Gasteiger partial charge >= 0.3 is 0 Å². The van der Waals surface area contributed by atoms with Gasteiger partial charge in [0.25, 0.3) is 0 Å². The molecule has 0 fully saturated rings. The molecule has 0 aliphatic heterocycles. The van der Waals surface area contributed by atoms with Crippen molar-refractivity contribution in [2.24, 2.45) is 0 Å². The van der Waals surface area contributed by atoms with E-state index in [1.165, 1.54) is 0 Å². The van der Waals surface area contributed by atoms with Crippen LogP contribution in [-0.4, -0.2) is 5.88 Å². The number of rotatable bonds is 3. The van der Waals surface area contributed by atoms with Gasteiger partial charge in [-0.25, -0.2) is 0 Å². The lowest BCUT2D eigenvalue weighted by atomic mass is 10.2. The van der Waals surface area contributed by atoms with E-state index < -0.39 is 0 Å². The molecule has 0 unspecified atom stereocenters. The molecular formula is C7H10ClN. The molecule has 0 aromatic carbocycles. The number of hydrogen-bond donors (Lipinski definition) is 0. The molecule has 0 amide bonds. The summed E-state index contributed by atoms with van der Waals surface area (Å²) in [5, 5.41) is 8.24. The Bertz CT molecular complexity index is 132. The smallest absolute Gasteiger partial charge is 0.0666 e. The monoisotopic (exact) mass is 143 g/mol. The summed E-state index contributed by atoms with van der Waals surface area (Å²) in [4.78, 5) is 0. The van der Waals surface area contributed by atoms with Gasteiger partial charge in [0.05, 0.1) is 12.5 Å². The SMILES string of the molecule is CCC=C(CCl)CC#N. The number of halogens is 1. The Morgan fingerprint density at radius 3 is 2.78 bits per heavy atom. The third kappa shape index (κ3) is 4.05. The molecular weight excluding hydrogens is 134 g/mol. The first-order valence-electron chi connectivity index (χ1n) is 2.96. The molecule has 0 N–H and O–H groups in total. The van der Waals surface area contributed by atoms with Crippen LogP contribution < -0.4 is 0 Å². The second kappa shape index (κ2) is 5.65. The standard InChI is InChI=1S/C7H10ClN/c1-2-3-7(6-8)4-5-9/h3H,2,4,6H2,1H3. The normalized spacial score (nSPS) is 11.0. The van der Waals surface area contributed by atoms with Crippen LogP contribution in [0.1, 0.15) is 19.8 Å². The van der Waals surface area contributed by atoms with Crippen LogP contribution in [0.4, 0.5) is 0 Å². The molecule has 0 aliphatic carbocycles. The lowest BCUT2D eigenvalue weighted by Gasteiger charge is -1.92. The van der Waals surface area contributed by atoms with Crippen LogP contribution >= 0.6 is 11.6 Å². The van der Waals surface area contributed by atoms with Gasteiger partial charge in [-0.05, 0) is 12.0 Å². The zero-order valence-corrected chi connectivity index (χ0v) is 6.28. The lowest BCUT2D eigenvalue weighted by Crippen LogP contribution is -1.81. The maximum absolute atomic E-state index is 8.24. The maximum Gasteiger partial charge on any atom is 0.0666 e. The van der Waals surface area contributed by atoms with E-state index in [-0.39, 0.29) is 0 Å². The van der Waals surface area contributed by atoms with Gasteiger partial charge < -0.3 is 0 Å². The zero-order valence-electron chi connectivity index (χ0n) is 5.52. The highest BCUT2D eigenvalue weighted by atomic mass is 35.5. The van der Waals surface area contributed by atoms with Crippen molar-refractivity contribution in [2.75, 3.05) is 5.88 Å². The molecule has 0 aromatic rings. The topological polar surface area (TPSA) is 23.8 Å². The van der Waals surface area contributed by atoms with Crippen LogP contribution in [0.25, 0.3) is 0 Å². The molecule has 0 rings (SSSR count). The fourth-order valence-corrected chi connectivity index (χ4v) is 0.768. The van der Waals surface area contributed by atoms with Crippen LogP contribution in [0.5, 0.6) is 0 Å². The summed E-state index contributed by atoms with van der Waals surface area (Å²) in [5.41, 5.74) is 1.03. The summed E-state index contributed by atoms with van der Waals surface area (Å²) in [6, 6.07) is 2.05. The molecule has 0 aliphatic rings. The highest BCUT2D eigenvalue weighted by Crippen LogP contribution is 2.03. The van der Waals surface area contributed by atoms with Crippen molar-refractivity contribution in [1.82, 2.24) is 0 Å². The first kappa shape index (κ1) is 8.52. The number of allylic oxidation sites excluding steroid dienone is 2. The van der Waals surface area contributed by atoms with Crippen molar-refractivity contribution >= 4 is 11.6 Å².